The van der Waals surface area contributed by atoms with E-state index in [-0.39, 0.29) is 4.21 Å². The predicted molar refractivity (Wildman–Crippen MR) is 102 cm³/mol. The van der Waals surface area contributed by atoms with E-state index in [9.17, 15) is 13.2 Å². The molecule has 0 aliphatic carbocycles. The molecule has 2 aromatic heterocycles. The van der Waals surface area contributed by atoms with E-state index in [1.54, 1.807) is 24.4 Å². The van der Waals surface area contributed by atoms with E-state index in [2.05, 4.69) is 15.1 Å². The highest BCUT2D eigenvalue weighted by Gasteiger charge is 2.18. The van der Waals surface area contributed by atoms with E-state index < -0.39 is 22.5 Å². The number of halogens is 2. The summed E-state index contributed by atoms with van der Waals surface area (Å²) < 4.78 is 28.2. The number of para-hydroxylation sites is 1. The van der Waals surface area contributed by atoms with Crippen molar-refractivity contribution >= 4 is 56.2 Å². The van der Waals surface area contributed by atoms with Gasteiger partial charge in [0, 0.05) is 0 Å². The lowest BCUT2D eigenvalue weighted by Crippen LogP contribution is -2.32. The average molecular weight is 431 g/mol. The summed E-state index contributed by atoms with van der Waals surface area (Å²) in [6.07, 6.45) is 3.02. The van der Waals surface area contributed by atoms with Gasteiger partial charge in [-0.15, -0.1) is 11.3 Å². The Morgan fingerprint density at radius 2 is 1.96 bits per heavy atom. The second-order valence-electron chi connectivity index (χ2n) is 5.06. The Hall–Kier alpha value is -1.91. The molecule has 0 radical (unpaired) electrons. The SMILES string of the molecule is O=C(CNS(=O)(=O)c1ccc(Cl)s1)Nc1cnn(-c2ccccc2Cl)c1. The Morgan fingerprint density at radius 3 is 2.65 bits per heavy atom. The maximum Gasteiger partial charge on any atom is 0.250 e. The zero-order valence-electron chi connectivity index (χ0n) is 13.0. The van der Waals surface area contributed by atoms with E-state index in [0.29, 0.717) is 20.7 Å². The van der Waals surface area contributed by atoms with Gasteiger partial charge in [-0.25, -0.2) is 17.8 Å². The quantitative estimate of drug-likeness (QED) is 0.627. The van der Waals surface area contributed by atoms with Crippen LogP contribution in [0.2, 0.25) is 9.36 Å². The number of nitrogens with one attached hydrogen (secondary N) is 2. The molecule has 136 valence electrons. The van der Waals surface area contributed by atoms with Gasteiger partial charge in [0.1, 0.15) is 4.21 Å². The maximum absolute atomic E-state index is 12.1. The van der Waals surface area contributed by atoms with Gasteiger partial charge < -0.3 is 5.32 Å². The summed E-state index contributed by atoms with van der Waals surface area (Å²) in [7, 11) is -3.79. The fraction of sp³-hybridized carbons (Fsp3) is 0.0667. The molecule has 0 aliphatic heterocycles. The van der Waals surface area contributed by atoms with Crippen molar-refractivity contribution in [3.63, 3.8) is 0 Å². The molecule has 0 spiro atoms. The number of thiophene rings is 1. The Bertz CT molecular complexity index is 1050. The van der Waals surface area contributed by atoms with Gasteiger partial charge in [-0.3, -0.25) is 4.79 Å². The minimum atomic E-state index is -3.79. The molecular weight excluding hydrogens is 419 g/mol. The first-order valence-corrected chi connectivity index (χ1v) is 10.3. The summed E-state index contributed by atoms with van der Waals surface area (Å²) in [5.74, 6) is -0.532. The first kappa shape index (κ1) is 18.9. The molecule has 0 unspecified atom stereocenters. The second kappa shape index (κ2) is 7.77. The molecule has 3 aromatic rings. The van der Waals surface area contributed by atoms with Crippen LogP contribution in [0.4, 0.5) is 5.69 Å². The fourth-order valence-corrected chi connectivity index (χ4v) is 4.77. The molecule has 2 N–H and O–H groups in total. The smallest absolute Gasteiger partial charge is 0.250 e. The van der Waals surface area contributed by atoms with Crippen LogP contribution in [0.3, 0.4) is 0 Å². The molecule has 3 rings (SSSR count). The van der Waals surface area contributed by atoms with Crippen LogP contribution in [0.1, 0.15) is 0 Å². The van der Waals surface area contributed by atoms with Crippen LogP contribution in [0.15, 0.2) is 53.0 Å². The fourth-order valence-electron chi connectivity index (χ4n) is 2.04. The summed E-state index contributed by atoms with van der Waals surface area (Å²) in [5.41, 5.74) is 1.07. The standard InChI is InChI=1S/C15H12Cl2N4O3S2/c16-11-3-1-2-4-12(11)21-9-10(7-18-21)20-14(22)8-19-26(23,24)15-6-5-13(17)25-15/h1-7,9,19H,8H2,(H,20,22). The number of hydrogen-bond donors (Lipinski definition) is 2. The van der Waals surface area contributed by atoms with E-state index in [0.717, 1.165) is 11.3 Å². The Labute approximate surface area is 163 Å². The number of sulfonamides is 1. The number of anilines is 1. The van der Waals surface area contributed by atoms with E-state index in [1.165, 1.54) is 23.0 Å². The number of carbonyl (C=O) groups is 1. The third-order valence-corrected chi connectivity index (χ3v) is 6.65. The molecule has 11 heteroatoms. The van der Waals surface area contributed by atoms with Gasteiger partial charge in [0.2, 0.25) is 5.91 Å². The van der Waals surface area contributed by atoms with Crippen LogP contribution < -0.4 is 10.0 Å². The van der Waals surface area contributed by atoms with Crippen LogP contribution >= 0.6 is 34.5 Å². The highest BCUT2D eigenvalue weighted by molar-refractivity contribution is 7.91. The minimum Gasteiger partial charge on any atom is -0.322 e. The van der Waals surface area contributed by atoms with Crippen LogP contribution in [0.25, 0.3) is 5.69 Å². The number of aromatic nitrogens is 2. The van der Waals surface area contributed by atoms with E-state index in [4.69, 9.17) is 23.2 Å². The largest absolute Gasteiger partial charge is 0.322 e. The van der Waals surface area contributed by atoms with Crippen molar-refractivity contribution in [1.29, 1.82) is 0 Å². The third kappa shape index (κ3) is 4.43. The van der Waals surface area contributed by atoms with Crippen molar-refractivity contribution in [2.24, 2.45) is 0 Å². The van der Waals surface area contributed by atoms with Gasteiger partial charge in [0.25, 0.3) is 10.0 Å². The van der Waals surface area contributed by atoms with Crippen molar-refractivity contribution in [2.75, 3.05) is 11.9 Å². The molecule has 2 heterocycles. The Morgan fingerprint density at radius 1 is 1.19 bits per heavy atom. The van der Waals surface area contributed by atoms with Gasteiger partial charge in [-0.1, -0.05) is 35.3 Å². The van der Waals surface area contributed by atoms with Crippen LogP contribution in [0.5, 0.6) is 0 Å². The first-order chi connectivity index (χ1) is 12.3. The lowest BCUT2D eigenvalue weighted by molar-refractivity contribution is -0.115. The lowest BCUT2D eigenvalue weighted by Gasteiger charge is -2.05. The second-order valence-corrected chi connectivity index (χ2v) is 9.17. The van der Waals surface area contributed by atoms with Crippen molar-refractivity contribution in [3.8, 4) is 5.69 Å². The van der Waals surface area contributed by atoms with Gasteiger partial charge in [-0.2, -0.15) is 5.10 Å². The number of benzene rings is 1. The lowest BCUT2D eigenvalue weighted by atomic mass is 10.3. The minimum absolute atomic E-state index is 0.0434. The number of nitrogens with zero attached hydrogens (tertiary/aromatic N) is 2. The number of carbonyl (C=O) groups excluding carboxylic acids is 1. The predicted octanol–water partition coefficient (Wildman–Crippen LogP) is 3.16. The normalized spacial score (nSPS) is 11.5. The van der Waals surface area contributed by atoms with Crippen LogP contribution in [-0.4, -0.2) is 30.7 Å². The molecule has 1 aromatic carbocycles. The van der Waals surface area contributed by atoms with Gasteiger partial charge in [-0.05, 0) is 24.3 Å². The molecular formula is C15H12Cl2N4O3S2. The average Bonchev–Trinajstić information content (AvgIpc) is 3.23. The zero-order chi connectivity index (χ0) is 18.7. The molecule has 0 atom stereocenters. The molecule has 1 amide bonds. The van der Waals surface area contributed by atoms with E-state index in [1.807, 2.05) is 6.07 Å². The van der Waals surface area contributed by atoms with Gasteiger partial charge in [0.15, 0.2) is 0 Å². The highest BCUT2D eigenvalue weighted by atomic mass is 35.5. The molecule has 0 saturated carbocycles. The topological polar surface area (TPSA) is 93.1 Å². The van der Waals surface area contributed by atoms with Gasteiger partial charge in [0.05, 0.1) is 39.7 Å². The maximum atomic E-state index is 12.1. The third-order valence-electron chi connectivity index (χ3n) is 3.20. The summed E-state index contributed by atoms with van der Waals surface area (Å²) in [6.45, 7) is -0.422. The van der Waals surface area contributed by atoms with Gasteiger partial charge >= 0.3 is 0 Å². The number of amides is 1. The number of hydrogen-bond acceptors (Lipinski definition) is 5. The monoisotopic (exact) mass is 430 g/mol. The van der Waals surface area contributed by atoms with Crippen molar-refractivity contribution in [1.82, 2.24) is 14.5 Å². The van der Waals surface area contributed by atoms with Crippen molar-refractivity contribution in [2.45, 2.75) is 4.21 Å². The number of rotatable bonds is 6. The molecule has 7 nitrogen and oxygen atoms in total. The van der Waals surface area contributed by atoms with Crippen LogP contribution in [-0.2, 0) is 14.8 Å². The molecule has 0 saturated heterocycles. The molecule has 0 aliphatic rings. The Kier molecular flexibility index (Phi) is 5.64. The first-order valence-electron chi connectivity index (χ1n) is 7.19. The Balaban J connectivity index is 1.62. The summed E-state index contributed by atoms with van der Waals surface area (Å²) >= 11 is 12.7. The van der Waals surface area contributed by atoms with Crippen molar-refractivity contribution in [3.05, 3.63) is 58.2 Å². The summed E-state index contributed by atoms with van der Waals surface area (Å²) in [5, 5.41) is 7.20. The molecule has 26 heavy (non-hydrogen) atoms. The zero-order valence-corrected chi connectivity index (χ0v) is 16.2. The van der Waals surface area contributed by atoms with Crippen molar-refractivity contribution < 1.29 is 13.2 Å². The van der Waals surface area contributed by atoms with E-state index >= 15 is 0 Å². The summed E-state index contributed by atoms with van der Waals surface area (Å²) in [6, 6.07) is 9.96. The highest BCUT2D eigenvalue weighted by Crippen LogP contribution is 2.25. The molecule has 0 fully saturated rings. The summed E-state index contributed by atoms with van der Waals surface area (Å²) in [4.78, 5) is 12.0. The van der Waals surface area contributed by atoms with Crippen LogP contribution in [0, 0.1) is 0 Å². The molecule has 0 bridgehead atoms.